The molecule has 3 aromatic rings. The van der Waals surface area contributed by atoms with E-state index in [2.05, 4.69) is 34.2 Å². The van der Waals surface area contributed by atoms with Crippen LogP contribution < -0.4 is 0 Å². The number of nitrogens with zero attached hydrogens (tertiary/aromatic N) is 5. The molecule has 0 radical (unpaired) electrons. The third-order valence-corrected chi connectivity index (χ3v) is 5.48. The Balaban J connectivity index is 1.52. The first-order chi connectivity index (χ1) is 13.0. The zero-order valence-electron chi connectivity index (χ0n) is 15.5. The number of hydrogen-bond donors (Lipinski definition) is 1. The second kappa shape index (κ2) is 6.77. The molecule has 4 rings (SSSR count). The summed E-state index contributed by atoms with van der Waals surface area (Å²) in [6, 6.07) is 7.73. The van der Waals surface area contributed by atoms with Gasteiger partial charge in [-0.25, -0.2) is 9.42 Å². The van der Waals surface area contributed by atoms with Gasteiger partial charge >= 0.3 is 5.97 Å². The summed E-state index contributed by atoms with van der Waals surface area (Å²) in [5.41, 5.74) is 2.48. The van der Waals surface area contributed by atoms with Crippen LogP contribution in [0, 0.1) is 0 Å². The molecule has 3 heterocycles. The number of benzene rings is 1. The molecule has 0 spiro atoms. The zero-order chi connectivity index (χ0) is 19.0. The average Bonchev–Trinajstić information content (AvgIpc) is 3.32. The van der Waals surface area contributed by atoms with Gasteiger partial charge in [0.1, 0.15) is 11.0 Å². The fourth-order valence-corrected chi connectivity index (χ4v) is 3.74. The van der Waals surface area contributed by atoms with Gasteiger partial charge in [0.25, 0.3) is 0 Å². The second-order valence-corrected chi connectivity index (χ2v) is 7.50. The maximum atomic E-state index is 12.2. The van der Waals surface area contributed by atoms with Gasteiger partial charge in [-0.1, -0.05) is 26.0 Å². The number of aliphatic carboxylic acids is 1. The van der Waals surface area contributed by atoms with Crippen LogP contribution in [0.1, 0.15) is 43.9 Å². The molecule has 1 N–H and O–H groups in total. The van der Waals surface area contributed by atoms with Crippen molar-refractivity contribution < 1.29 is 14.5 Å². The first-order valence-corrected chi connectivity index (χ1v) is 9.21. The smallest absolute Gasteiger partial charge is 0.331 e. The van der Waals surface area contributed by atoms with Crippen molar-refractivity contribution in [2.75, 3.05) is 13.1 Å². The summed E-state index contributed by atoms with van der Waals surface area (Å²) in [6.07, 6.45) is 2.82. The van der Waals surface area contributed by atoms with Crippen molar-refractivity contribution in [3.63, 3.8) is 0 Å². The van der Waals surface area contributed by atoms with Crippen LogP contribution in [0.2, 0.25) is 0 Å². The summed E-state index contributed by atoms with van der Waals surface area (Å²) >= 11 is 0. The Morgan fingerprint density at radius 1 is 1.26 bits per heavy atom. The SMILES string of the molecule is CC(C)c1ccn(C2(C(=O)O)CCN(Cc3cccc4nonc34)CC2)n1. The molecule has 2 aromatic heterocycles. The fourth-order valence-electron chi connectivity index (χ4n) is 3.74. The van der Waals surface area contributed by atoms with Gasteiger partial charge < -0.3 is 5.11 Å². The van der Waals surface area contributed by atoms with Gasteiger partial charge in [-0.2, -0.15) is 5.10 Å². The molecule has 142 valence electrons. The van der Waals surface area contributed by atoms with Crippen molar-refractivity contribution in [3.05, 3.63) is 41.7 Å². The molecular formula is C19H23N5O3. The number of piperidine rings is 1. The van der Waals surface area contributed by atoms with E-state index in [1.807, 2.05) is 24.3 Å². The molecule has 8 nitrogen and oxygen atoms in total. The standard InChI is InChI=1S/C19H23N5O3/c1-13(2)15-6-9-24(20-15)19(18(25)26)7-10-23(11-8-19)12-14-4-3-5-16-17(14)22-27-21-16/h3-6,9,13H,7-8,10-12H2,1-2H3,(H,25,26). The average molecular weight is 369 g/mol. The highest BCUT2D eigenvalue weighted by Crippen LogP contribution is 2.32. The molecule has 1 aliphatic rings. The van der Waals surface area contributed by atoms with E-state index in [4.69, 9.17) is 4.63 Å². The van der Waals surface area contributed by atoms with E-state index in [0.29, 0.717) is 32.5 Å². The molecule has 0 aliphatic carbocycles. The number of carboxylic acid groups (broad SMARTS) is 1. The number of carboxylic acids is 1. The van der Waals surface area contributed by atoms with Crippen molar-refractivity contribution in [2.24, 2.45) is 0 Å². The lowest BCUT2D eigenvalue weighted by Gasteiger charge is -2.39. The van der Waals surface area contributed by atoms with Crippen LogP contribution >= 0.6 is 0 Å². The lowest BCUT2D eigenvalue weighted by Crippen LogP contribution is -2.51. The van der Waals surface area contributed by atoms with Crippen LogP contribution in [-0.2, 0) is 16.9 Å². The number of carbonyl (C=O) groups is 1. The Bertz CT molecular complexity index is 953. The van der Waals surface area contributed by atoms with E-state index in [-0.39, 0.29) is 5.92 Å². The van der Waals surface area contributed by atoms with Gasteiger partial charge in [0.2, 0.25) is 0 Å². The first-order valence-electron chi connectivity index (χ1n) is 9.21. The predicted molar refractivity (Wildman–Crippen MR) is 98.2 cm³/mol. The van der Waals surface area contributed by atoms with Gasteiger partial charge in [-0.15, -0.1) is 0 Å². The maximum absolute atomic E-state index is 12.2. The molecule has 0 bridgehead atoms. The molecular weight excluding hydrogens is 346 g/mol. The minimum Gasteiger partial charge on any atom is -0.479 e. The second-order valence-electron chi connectivity index (χ2n) is 7.50. The van der Waals surface area contributed by atoms with E-state index in [1.54, 1.807) is 10.9 Å². The maximum Gasteiger partial charge on any atom is 0.331 e. The van der Waals surface area contributed by atoms with Crippen LogP contribution in [0.4, 0.5) is 0 Å². The quantitative estimate of drug-likeness (QED) is 0.738. The molecule has 1 aliphatic heterocycles. The Labute approximate surface area is 156 Å². The van der Waals surface area contributed by atoms with E-state index < -0.39 is 11.5 Å². The van der Waals surface area contributed by atoms with Crippen LogP contribution in [0.5, 0.6) is 0 Å². The molecule has 0 unspecified atom stereocenters. The molecule has 0 saturated carbocycles. The summed E-state index contributed by atoms with van der Waals surface area (Å²) < 4.78 is 6.49. The monoisotopic (exact) mass is 369 g/mol. The molecule has 27 heavy (non-hydrogen) atoms. The van der Waals surface area contributed by atoms with Gasteiger partial charge in [0.05, 0.1) is 5.69 Å². The Morgan fingerprint density at radius 3 is 2.70 bits per heavy atom. The summed E-state index contributed by atoms with van der Waals surface area (Å²) in [7, 11) is 0. The van der Waals surface area contributed by atoms with Crippen molar-refractivity contribution in [1.29, 1.82) is 0 Å². The van der Waals surface area contributed by atoms with Gasteiger partial charge in [-0.3, -0.25) is 9.58 Å². The first kappa shape index (κ1) is 17.7. The Kier molecular flexibility index (Phi) is 4.43. The Morgan fingerprint density at radius 2 is 2.04 bits per heavy atom. The minimum absolute atomic E-state index is 0.272. The number of hydrogen-bond acceptors (Lipinski definition) is 6. The molecule has 1 aromatic carbocycles. The fraction of sp³-hybridized carbons (Fsp3) is 0.474. The minimum atomic E-state index is -0.981. The normalized spacial score (nSPS) is 17.6. The summed E-state index contributed by atoms with van der Waals surface area (Å²) in [5.74, 6) is -0.544. The molecule has 8 heteroatoms. The highest BCUT2D eigenvalue weighted by molar-refractivity contribution is 5.77. The lowest BCUT2D eigenvalue weighted by molar-refractivity contribution is -0.151. The summed E-state index contributed by atoms with van der Waals surface area (Å²) in [6.45, 7) is 6.15. The van der Waals surface area contributed by atoms with Gasteiger partial charge in [0.15, 0.2) is 5.54 Å². The van der Waals surface area contributed by atoms with E-state index >= 15 is 0 Å². The molecule has 1 fully saturated rings. The van der Waals surface area contributed by atoms with Crippen molar-refractivity contribution in [2.45, 2.75) is 44.7 Å². The lowest BCUT2D eigenvalue weighted by atomic mass is 9.87. The van der Waals surface area contributed by atoms with Crippen molar-refractivity contribution in [3.8, 4) is 0 Å². The molecule has 1 saturated heterocycles. The number of rotatable bonds is 5. The van der Waals surface area contributed by atoms with Crippen LogP contribution in [0.25, 0.3) is 11.0 Å². The van der Waals surface area contributed by atoms with Gasteiger partial charge in [0, 0.05) is 25.8 Å². The molecule has 0 amide bonds. The highest BCUT2D eigenvalue weighted by Gasteiger charge is 2.44. The topological polar surface area (TPSA) is 97.3 Å². The third-order valence-electron chi connectivity index (χ3n) is 5.48. The number of likely N-dealkylation sites (tertiary alicyclic amines) is 1. The van der Waals surface area contributed by atoms with Crippen LogP contribution in [0.3, 0.4) is 0 Å². The van der Waals surface area contributed by atoms with E-state index in [1.165, 1.54) is 0 Å². The van der Waals surface area contributed by atoms with Crippen LogP contribution in [0.15, 0.2) is 35.1 Å². The largest absolute Gasteiger partial charge is 0.479 e. The van der Waals surface area contributed by atoms with Crippen molar-refractivity contribution >= 4 is 17.0 Å². The van der Waals surface area contributed by atoms with E-state index in [0.717, 1.165) is 22.3 Å². The number of aromatic nitrogens is 4. The summed E-state index contributed by atoms with van der Waals surface area (Å²) in [4.78, 5) is 14.4. The third kappa shape index (κ3) is 3.10. The number of fused-ring (bicyclic) bond motifs is 1. The van der Waals surface area contributed by atoms with E-state index in [9.17, 15) is 9.90 Å². The summed E-state index contributed by atoms with van der Waals surface area (Å²) in [5, 5.41) is 22.4. The van der Waals surface area contributed by atoms with Crippen LogP contribution in [-0.4, -0.2) is 49.2 Å². The molecule has 0 atom stereocenters. The van der Waals surface area contributed by atoms with Crippen molar-refractivity contribution in [1.82, 2.24) is 25.0 Å². The Hall–Kier alpha value is -2.74. The zero-order valence-corrected chi connectivity index (χ0v) is 15.5. The van der Waals surface area contributed by atoms with Gasteiger partial charge in [-0.05, 0) is 46.8 Å². The predicted octanol–water partition coefficient (Wildman–Crippen LogP) is 2.62. The highest BCUT2D eigenvalue weighted by atomic mass is 16.6.